The molecule has 1 fully saturated rings. The van der Waals surface area contributed by atoms with Crippen molar-refractivity contribution in [3.63, 3.8) is 0 Å². The van der Waals surface area contributed by atoms with Crippen molar-refractivity contribution in [2.45, 2.75) is 58.4 Å². The van der Waals surface area contributed by atoms with Gasteiger partial charge in [-0.3, -0.25) is 4.79 Å². The lowest BCUT2D eigenvalue weighted by atomic mass is 9.89. The lowest BCUT2D eigenvalue weighted by molar-refractivity contribution is -0.122. The van der Waals surface area contributed by atoms with E-state index in [1.807, 2.05) is 12.1 Å². The Morgan fingerprint density at radius 1 is 1.20 bits per heavy atom. The van der Waals surface area contributed by atoms with E-state index >= 15 is 0 Å². The third-order valence-corrected chi connectivity index (χ3v) is 4.89. The van der Waals surface area contributed by atoms with Crippen molar-refractivity contribution < 1.29 is 4.79 Å². The van der Waals surface area contributed by atoms with Gasteiger partial charge in [0.2, 0.25) is 11.7 Å². The SMILES string of the molecule is CC(C)c1ccc(-c2nnn(CC(=O)NCC3CCCCC3)n2)cc1. The van der Waals surface area contributed by atoms with Gasteiger partial charge < -0.3 is 5.32 Å². The predicted octanol–water partition coefficient (Wildman–Crippen LogP) is 3.16. The summed E-state index contributed by atoms with van der Waals surface area (Å²) in [6.07, 6.45) is 6.33. The summed E-state index contributed by atoms with van der Waals surface area (Å²) in [6, 6.07) is 8.16. The maximum atomic E-state index is 12.1. The zero-order valence-corrected chi connectivity index (χ0v) is 15.1. The molecule has 134 valence electrons. The number of amides is 1. The molecule has 25 heavy (non-hydrogen) atoms. The highest BCUT2D eigenvalue weighted by atomic mass is 16.2. The average molecular weight is 341 g/mol. The van der Waals surface area contributed by atoms with Crippen LogP contribution in [0.2, 0.25) is 0 Å². The third kappa shape index (κ3) is 4.87. The van der Waals surface area contributed by atoms with Gasteiger partial charge in [0.1, 0.15) is 6.54 Å². The molecule has 0 bridgehead atoms. The second-order valence-corrected chi connectivity index (χ2v) is 7.23. The van der Waals surface area contributed by atoms with Crippen LogP contribution in [0.1, 0.15) is 57.4 Å². The molecular formula is C19H27N5O. The minimum Gasteiger partial charge on any atom is -0.354 e. The fourth-order valence-electron chi connectivity index (χ4n) is 3.28. The first-order valence-electron chi connectivity index (χ1n) is 9.26. The van der Waals surface area contributed by atoms with Crippen LogP contribution in [0.5, 0.6) is 0 Å². The summed E-state index contributed by atoms with van der Waals surface area (Å²) in [5.41, 5.74) is 2.19. The first-order chi connectivity index (χ1) is 12.1. The summed E-state index contributed by atoms with van der Waals surface area (Å²) in [4.78, 5) is 13.4. The van der Waals surface area contributed by atoms with Gasteiger partial charge >= 0.3 is 0 Å². The molecule has 2 aromatic rings. The summed E-state index contributed by atoms with van der Waals surface area (Å²) in [5.74, 6) is 1.61. The van der Waals surface area contributed by atoms with Gasteiger partial charge in [0, 0.05) is 12.1 Å². The van der Waals surface area contributed by atoms with Crippen LogP contribution in [0.15, 0.2) is 24.3 Å². The number of hydrogen-bond acceptors (Lipinski definition) is 4. The van der Waals surface area contributed by atoms with E-state index in [2.05, 4.69) is 46.7 Å². The molecule has 1 aliphatic rings. The maximum absolute atomic E-state index is 12.1. The highest BCUT2D eigenvalue weighted by Crippen LogP contribution is 2.22. The van der Waals surface area contributed by atoms with E-state index in [0.29, 0.717) is 17.7 Å². The van der Waals surface area contributed by atoms with Crippen LogP contribution in [0.25, 0.3) is 11.4 Å². The van der Waals surface area contributed by atoms with Gasteiger partial charge in [-0.05, 0) is 35.5 Å². The van der Waals surface area contributed by atoms with E-state index in [9.17, 15) is 4.79 Å². The summed E-state index contributed by atoms with van der Waals surface area (Å²) < 4.78 is 0. The monoisotopic (exact) mass is 341 g/mol. The number of aromatic nitrogens is 4. The van der Waals surface area contributed by atoms with Crippen LogP contribution in [-0.2, 0) is 11.3 Å². The van der Waals surface area contributed by atoms with Crippen molar-refractivity contribution in [2.75, 3.05) is 6.54 Å². The van der Waals surface area contributed by atoms with E-state index in [-0.39, 0.29) is 12.5 Å². The molecule has 0 saturated heterocycles. The Balaban J connectivity index is 1.53. The second kappa shape index (κ2) is 8.23. The Hall–Kier alpha value is -2.24. The van der Waals surface area contributed by atoms with Crippen molar-refractivity contribution in [1.29, 1.82) is 0 Å². The molecule has 1 aliphatic carbocycles. The van der Waals surface area contributed by atoms with Crippen LogP contribution in [0.3, 0.4) is 0 Å². The van der Waals surface area contributed by atoms with Crippen LogP contribution in [0, 0.1) is 5.92 Å². The number of benzene rings is 1. The fraction of sp³-hybridized carbons (Fsp3) is 0.579. The molecule has 6 nitrogen and oxygen atoms in total. The van der Waals surface area contributed by atoms with Crippen LogP contribution in [-0.4, -0.2) is 32.7 Å². The average Bonchev–Trinajstić information content (AvgIpc) is 3.09. The molecule has 1 aromatic heterocycles. The van der Waals surface area contributed by atoms with E-state index in [1.165, 1.54) is 42.5 Å². The number of tetrazole rings is 1. The van der Waals surface area contributed by atoms with Crippen LogP contribution in [0.4, 0.5) is 0 Å². The first kappa shape index (κ1) is 17.6. The third-order valence-electron chi connectivity index (χ3n) is 4.89. The molecule has 0 aliphatic heterocycles. The van der Waals surface area contributed by atoms with Gasteiger partial charge in [0.25, 0.3) is 0 Å². The van der Waals surface area contributed by atoms with Crippen molar-refractivity contribution in [2.24, 2.45) is 5.92 Å². The normalized spacial score (nSPS) is 15.5. The van der Waals surface area contributed by atoms with Crippen molar-refractivity contribution in [1.82, 2.24) is 25.5 Å². The summed E-state index contributed by atoms with van der Waals surface area (Å²) >= 11 is 0. The molecule has 1 heterocycles. The lowest BCUT2D eigenvalue weighted by Gasteiger charge is -2.21. The fourth-order valence-corrected chi connectivity index (χ4v) is 3.28. The summed E-state index contributed by atoms with van der Waals surface area (Å²) in [5, 5.41) is 15.4. The Morgan fingerprint density at radius 2 is 1.92 bits per heavy atom. The minimum atomic E-state index is -0.0512. The van der Waals surface area contributed by atoms with Gasteiger partial charge in [-0.25, -0.2) is 0 Å². The molecular weight excluding hydrogens is 314 g/mol. The van der Waals surface area contributed by atoms with E-state index in [4.69, 9.17) is 0 Å². The Bertz CT molecular complexity index is 686. The van der Waals surface area contributed by atoms with E-state index < -0.39 is 0 Å². The molecule has 6 heteroatoms. The zero-order chi connectivity index (χ0) is 17.6. The van der Waals surface area contributed by atoms with Crippen molar-refractivity contribution in [3.8, 4) is 11.4 Å². The highest BCUT2D eigenvalue weighted by molar-refractivity contribution is 5.75. The van der Waals surface area contributed by atoms with Gasteiger partial charge in [-0.2, -0.15) is 4.80 Å². The first-order valence-corrected chi connectivity index (χ1v) is 9.26. The molecule has 0 atom stereocenters. The van der Waals surface area contributed by atoms with Gasteiger partial charge in [-0.15, -0.1) is 10.2 Å². The van der Waals surface area contributed by atoms with Crippen molar-refractivity contribution >= 4 is 5.91 Å². The highest BCUT2D eigenvalue weighted by Gasteiger charge is 2.15. The number of nitrogens with one attached hydrogen (secondary N) is 1. The lowest BCUT2D eigenvalue weighted by Crippen LogP contribution is -2.33. The quantitative estimate of drug-likeness (QED) is 0.876. The topological polar surface area (TPSA) is 72.7 Å². The van der Waals surface area contributed by atoms with Gasteiger partial charge in [-0.1, -0.05) is 57.4 Å². The van der Waals surface area contributed by atoms with Gasteiger partial charge in [0.05, 0.1) is 0 Å². The Morgan fingerprint density at radius 3 is 2.60 bits per heavy atom. The molecule has 1 amide bonds. The number of carbonyl (C=O) groups is 1. The molecule has 0 radical (unpaired) electrons. The maximum Gasteiger partial charge on any atom is 0.243 e. The molecule has 0 unspecified atom stereocenters. The molecule has 1 aromatic carbocycles. The second-order valence-electron chi connectivity index (χ2n) is 7.23. The smallest absolute Gasteiger partial charge is 0.243 e. The zero-order valence-electron chi connectivity index (χ0n) is 15.1. The Labute approximate surface area is 149 Å². The van der Waals surface area contributed by atoms with Crippen LogP contribution < -0.4 is 5.32 Å². The molecule has 3 rings (SSSR count). The number of rotatable bonds is 6. The Kier molecular flexibility index (Phi) is 5.79. The molecule has 1 N–H and O–H groups in total. The molecule has 0 spiro atoms. The summed E-state index contributed by atoms with van der Waals surface area (Å²) in [7, 11) is 0. The predicted molar refractivity (Wildman–Crippen MR) is 96.9 cm³/mol. The van der Waals surface area contributed by atoms with E-state index in [0.717, 1.165) is 12.1 Å². The van der Waals surface area contributed by atoms with Gasteiger partial charge in [0.15, 0.2) is 0 Å². The minimum absolute atomic E-state index is 0.0512. The van der Waals surface area contributed by atoms with Crippen LogP contribution >= 0.6 is 0 Å². The number of nitrogens with zero attached hydrogens (tertiary/aromatic N) is 4. The standard InChI is InChI=1S/C19H27N5O/c1-14(2)16-8-10-17(11-9-16)19-21-23-24(22-19)13-18(25)20-12-15-6-4-3-5-7-15/h8-11,14-15H,3-7,12-13H2,1-2H3,(H,20,25). The number of carbonyl (C=O) groups excluding carboxylic acids is 1. The van der Waals surface area contributed by atoms with Crippen molar-refractivity contribution in [3.05, 3.63) is 29.8 Å². The number of hydrogen-bond donors (Lipinski definition) is 1. The largest absolute Gasteiger partial charge is 0.354 e. The molecule has 1 saturated carbocycles. The van der Waals surface area contributed by atoms with E-state index in [1.54, 1.807) is 0 Å². The summed E-state index contributed by atoms with van der Waals surface area (Å²) in [6.45, 7) is 5.20.